The zero-order chi connectivity index (χ0) is 10.6. The van der Waals surface area contributed by atoms with Gasteiger partial charge in [0.2, 0.25) is 0 Å². The Labute approximate surface area is 85.1 Å². The third kappa shape index (κ3) is 2.37. The molecule has 3 heteroatoms. The maximum Gasteiger partial charge on any atom is 0.179 e. The fourth-order valence-electron chi connectivity index (χ4n) is 1.18. The Morgan fingerprint density at radius 2 is 2.07 bits per heavy atom. The second-order valence-electron chi connectivity index (χ2n) is 3.35. The van der Waals surface area contributed by atoms with Crippen molar-refractivity contribution in [3.8, 4) is 11.5 Å². The molecule has 1 aromatic heterocycles. The summed E-state index contributed by atoms with van der Waals surface area (Å²) in [5, 5.41) is 0. The smallest absolute Gasteiger partial charge is 0.179 e. The lowest BCUT2D eigenvalue weighted by molar-refractivity contribution is 0.309. The summed E-state index contributed by atoms with van der Waals surface area (Å²) in [6, 6.07) is 1.93. The normalized spacial score (nSPS) is 10.4. The second kappa shape index (κ2) is 4.84. The molecule has 0 aromatic carbocycles. The van der Waals surface area contributed by atoms with E-state index < -0.39 is 0 Å². The first-order valence-electron chi connectivity index (χ1n) is 4.85. The van der Waals surface area contributed by atoms with Crippen LogP contribution in [0.15, 0.2) is 12.3 Å². The Hall–Kier alpha value is -1.25. The number of pyridine rings is 1. The van der Waals surface area contributed by atoms with Crippen LogP contribution < -0.4 is 9.47 Å². The van der Waals surface area contributed by atoms with Crippen LogP contribution in [-0.4, -0.2) is 18.7 Å². The largest absolute Gasteiger partial charge is 0.493 e. The Morgan fingerprint density at radius 1 is 1.36 bits per heavy atom. The van der Waals surface area contributed by atoms with Crippen molar-refractivity contribution in [3.63, 3.8) is 0 Å². The summed E-state index contributed by atoms with van der Waals surface area (Å²) in [6.45, 7) is 6.76. The highest BCUT2D eigenvalue weighted by Crippen LogP contribution is 2.28. The van der Waals surface area contributed by atoms with E-state index in [0.29, 0.717) is 18.3 Å². The predicted octanol–water partition coefficient (Wildman–Crippen LogP) is 2.61. The molecule has 1 heterocycles. The summed E-state index contributed by atoms with van der Waals surface area (Å²) in [7, 11) is 1.64. The molecule has 78 valence electrons. The van der Waals surface area contributed by atoms with Crippen LogP contribution in [0.3, 0.4) is 0 Å². The van der Waals surface area contributed by atoms with Gasteiger partial charge in [-0.05, 0) is 12.8 Å². The van der Waals surface area contributed by atoms with E-state index in [2.05, 4.69) is 18.8 Å². The molecule has 0 amide bonds. The number of nitrogens with zero attached hydrogens (tertiary/aromatic N) is 1. The topological polar surface area (TPSA) is 31.4 Å². The van der Waals surface area contributed by atoms with Gasteiger partial charge in [-0.2, -0.15) is 0 Å². The SMILES string of the molecule is CCOc1cnc(C(C)C)cc1OC. The molecule has 0 bridgehead atoms. The van der Waals surface area contributed by atoms with Gasteiger partial charge in [0.25, 0.3) is 0 Å². The van der Waals surface area contributed by atoms with Gasteiger partial charge >= 0.3 is 0 Å². The molecule has 0 aliphatic heterocycles. The number of methoxy groups -OCH3 is 1. The number of hydrogen-bond acceptors (Lipinski definition) is 3. The van der Waals surface area contributed by atoms with Crippen LogP contribution >= 0.6 is 0 Å². The van der Waals surface area contributed by atoms with Crippen LogP contribution in [0.25, 0.3) is 0 Å². The average molecular weight is 195 g/mol. The van der Waals surface area contributed by atoms with Gasteiger partial charge < -0.3 is 9.47 Å². The van der Waals surface area contributed by atoms with Gasteiger partial charge in [0.1, 0.15) is 0 Å². The van der Waals surface area contributed by atoms with Gasteiger partial charge in [-0.15, -0.1) is 0 Å². The molecule has 1 rings (SSSR count). The molecule has 0 fully saturated rings. The summed E-state index contributed by atoms with van der Waals surface area (Å²) in [6.07, 6.45) is 1.72. The summed E-state index contributed by atoms with van der Waals surface area (Å²) >= 11 is 0. The number of hydrogen-bond donors (Lipinski definition) is 0. The van der Waals surface area contributed by atoms with E-state index in [4.69, 9.17) is 9.47 Å². The zero-order valence-corrected chi connectivity index (χ0v) is 9.20. The Kier molecular flexibility index (Phi) is 3.74. The van der Waals surface area contributed by atoms with Gasteiger partial charge in [-0.1, -0.05) is 13.8 Å². The van der Waals surface area contributed by atoms with E-state index >= 15 is 0 Å². The summed E-state index contributed by atoms with van der Waals surface area (Å²) in [5.74, 6) is 1.87. The van der Waals surface area contributed by atoms with E-state index in [9.17, 15) is 0 Å². The lowest BCUT2D eigenvalue weighted by Gasteiger charge is -2.11. The summed E-state index contributed by atoms with van der Waals surface area (Å²) < 4.78 is 10.6. The molecule has 0 aliphatic carbocycles. The minimum Gasteiger partial charge on any atom is -0.493 e. The monoisotopic (exact) mass is 195 g/mol. The highest BCUT2D eigenvalue weighted by Gasteiger charge is 2.08. The maximum atomic E-state index is 5.38. The lowest BCUT2D eigenvalue weighted by Crippen LogP contribution is -1.99. The van der Waals surface area contributed by atoms with E-state index in [-0.39, 0.29) is 0 Å². The van der Waals surface area contributed by atoms with Crippen LogP contribution in [0.4, 0.5) is 0 Å². The van der Waals surface area contributed by atoms with Crippen molar-refractivity contribution >= 4 is 0 Å². The molecule has 0 radical (unpaired) electrons. The fourth-order valence-corrected chi connectivity index (χ4v) is 1.18. The zero-order valence-electron chi connectivity index (χ0n) is 9.20. The Balaban J connectivity index is 2.98. The molecule has 0 saturated heterocycles. The van der Waals surface area contributed by atoms with Crippen LogP contribution in [0.5, 0.6) is 11.5 Å². The molecule has 0 spiro atoms. The van der Waals surface area contributed by atoms with Crippen molar-refractivity contribution in [1.82, 2.24) is 4.98 Å². The third-order valence-electron chi connectivity index (χ3n) is 1.96. The van der Waals surface area contributed by atoms with Gasteiger partial charge in [0.05, 0.1) is 19.9 Å². The number of ether oxygens (including phenoxy) is 2. The van der Waals surface area contributed by atoms with Crippen molar-refractivity contribution in [3.05, 3.63) is 18.0 Å². The van der Waals surface area contributed by atoms with Crippen molar-refractivity contribution < 1.29 is 9.47 Å². The quantitative estimate of drug-likeness (QED) is 0.740. The molecule has 0 N–H and O–H groups in total. The molecule has 0 atom stereocenters. The standard InChI is InChI=1S/C11H17NO2/c1-5-14-11-7-12-9(8(2)3)6-10(11)13-4/h6-8H,5H2,1-4H3. The van der Waals surface area contributed by atoms with E-state index in [1.165, 1.54) is 0 Å². The Morgan fingerprint density at radius 3 is 2.57 bits per heavy atom. The van der Waals surface area contributed by atoms with Gasteiger partial charge in [-0.25, -0.2) is 0 Å². The number of rotatable bonds is 4. The first-order chi connectivity index (χ1) is 6.69. The van der Waals surface area contributed by atoms with Crippen LogP contribution in [0.1, 0.15) is 32.4 Å². The molecule has 0 saturated carbocycles. The third-order valence-corrected chi connectivity index (χ3v) is 1.96. The Bertz CT molecular complexity index is 297. The molecule has 14 heavy (non-hydrogen) atoms. The summed E-state index contributed by atoms with van der Waals surface area (Å²) in [5.41, 5.74) is 1.02. The van der Waals surface area contributed by atoms with Crippen molar-refractivity contribution in [2.75, 3.05) is 13.7 Å². The van der Waals surface area contributed by atoms with Gasteiger partial charge in [0, 0.05) is 11.8 Å². The average Bonchev–Trinajstić information content (AvgIpc) is 2.18. The molecule has 3 nitrogen and oxygen atoms in total. The van der Waals surface area contributed by atoms with Crippen molar-refractivity contribution in [2.24, 2.45) is 0 Å². The molecule has 1 aromatic rings. The summed E-state index contributed by atoms with van der Waals surface area (Å²) in [4.78, 5) is 4.30. The van der Waals surface area contributed by atoms with Crippen molar-refractivity contribution in [2.45, 2.75) is 26.7 Å². The minimum absolute atomic E-state index is 0.402. The highest BCUT2D eigenvalue weighted by molar-refractivity contribution is 5.39. The molecular formula is C11H17NO2. The van der Waals surface area contributed by atoms with Gasteiger partial charge in [0.15, 0.2) is 11.5 Å². The minimum atomic E-state index is 0.402. The number of aromatic nitrogens is 1. The van der Waals surface area contributed by atoms with Crippen LogP contribution in [0, 0.1) is 0 Å². The van der Waals surface area contributed by atoms with Crippen LogP contribution in [0.2, 0.25) is 0 Å². The fraction of sp³-hybridized carbons (Fsp3) is 0.545. The second-order valence-corrected chi connectivity index (χ2v) is 3.35. The van der Waals surface area contributed by atoms with Crippen molar-refractivity contribution in [1.29, 1.82) is 0 Å². The first kappa shape index (κ1) is 10.8. The van der Waals surface area contributed by atoms with E-state index in [1.807, 2.05) is 13.0 Å². The highest BCUT2D eigenvalue weighted by atomic mass is 16.5. The molecular weight excluding hydrogens is 178 g/mol. The van der Waals surface area contributed by atoms with Gasteiger partial charge in [-0.3, -0.25) is 4.98 Å². The molecule has 0 unspecified atom stereocenters. The molecule has 0 aliphatic rings. The van der Waals surface area contributed by atoms with E-state index in [0.717, 1.165) is 11.4 Å². The lowest BCUT2D eigenvalue weighted by atomic mass is 10.1. The van der Waals surface area contributed by atoms with E-state index in [1.54, 1.807) is 13.3 Å². The predicted molar refractivity (Wildman–Crippen MR) is 56.0 cm³/mol. The maximum absolute atomic E-state index is 5.38. The van der Waals surface area contributed by atoms with Crippen LogP contribution in [-0.2, 0) is 0 Å². The first-order valence-corrected chi connectivity index (χ1v) is 4.85.